The maximum absolute atomic E-state index is 6.00. The van der Waals surface area contributed by atoms with Crippen molar-refractivity contribution in [1.82, 2.24) is 0 Å². The molecule has 0 unspecified atom stereocenters. The third-order valence-electron chi connectivity index (χ3n) is 2.84. The van der Waals surface area contributed by atoms with Gasteiger partial charge in [0, 0.05) is 11.1 Å². The minimum Gasteiger partial charge on any atom is -0.473 e. The first-order chi connectivity index (χ1) is 7.18. The highest BCUT2D eigenvalue weighted by molar-refractivity contribution is 7.12. The number of ether oxygens (including phenoxy) is 1. The van der Waals surface area contributed by atoms with Crippen LogP contribution in [0.2, 0.25) is 0 Å². The highest BCUT2D eigenvalue weighted by Crippen LogP contribution is 2.47. The summed E-state index contributed by atoms with van der Waals surface area (Å²) in [5.74, 6) is 0. The highest BCUT2D eigenvalue weighted by Gasteiger charge is 2.32. The monoisotopic (exact) mass is 216 g/mol. The van der Waals surface area contributed by atoms with Crippen molar-refractivity contribution < 1.29 is 4.74 Å². The van der Waals surface area contributed by atoms with Crippen molar-refractivity contribution in [2.75, 3.05) is 0 Å². The lowest BCUT2D eigenvalue weighted by Crippen LogP contribution is -2.28. The average molecular weight is 216 g/mol. The summed E-state index contributed by atoms with van der Waals surface area (Å²) in [7, 11) is 0. The van der Waals surface area contributed by atoms with Crippen LogP contribution in [-0.4, -0.2) is 0 Å². The van der Waals surface area contributed by atoms with Crippen LogP contribution in [0.25, 0.3) is 11.1 Å². The average Bonchev–Trinajstić information content (AvgIpc) is 2.65. The molecule has 1 aromatic heterocycles. The van der Waals surface area contributed by atoms with E-state index in [-0.39, 0.29) is 5.60 Å². The molecule has 1 nitrogen and oxygen atoms in total. The van der Waals surface area contributed by atoms with Crippen LogP contribution < -0.4 is 4.74 Å². The molecule has 2 heteroatoms. The lowest BCUT2D eigenvalue weighted by Gasteiger charge is -2.33. The largest absolute Gasteiger partial charge is 0.473 e. The van der Waals surface area contributed by atoms with Gasteiger partial charge in [-0.05, 0) is 30.9 Å². The third kappa shape index (κ3) is 1.21. The smallest absolute Gasteiger partial charge is 0.182 e. The quantitative estimate of drug-likeness (QED) is 0.645. The van der Waals surface area contributed by atoms with Crippen molar-refractivity contribution >= 4 is 11.3 Å². The number of hydrogen-bond donors (Lipinski definition) is 0. The van der Waals surface area contributed by atoms with Gasteiger partial charge in [-0.15, -0.1) is 11.3 Å². The lowest BCUT2D eigenvalue weighted by atomic mass is 9.88. The van der Waals surface area contributed by atoms with Crippen molar-refractivity contribution in [3.8, 4) is 16.2 Å². The molecule has 0 amide bonds. The minimum atomic E-state index is -0.214. The van der Waals surface area contributed by atoms with Gasteiger partial charge >= 0.3 is 0 Å². The molecule has 1 aliphatic rings. The van der Waals surface area contributed by atoms with Gasteiger partial charge in [-0.25, -0.2) is 0 Å². The number of thiophene rings is 1. The Balaban J connectivity index is 2.34. The fourth-order valence-corrected chi connectivity index (χ4v) is 2.99. The summed E-state index contributed by atoms with van der Waals surface area (Å²) in [6, 6.07) is 10.6. The molecule has 2 aromatic rings. The SMILES string of the molecule is CC1(C)Oc2sccc2-c2ccccc21. The summed E-state index contributed by atoms with van der Waals surface area (Å²) in [6.07, 6.45) is 0. The molecule has 0 atom stereocenters. The van der Waals surface area contributed by atoms with E-state index < -0.39 is 0 Å². The highest BCUT2D eigenvalue weighted by atomic mass is 32.1. The van der Waals surface area contributed by atoms with Crippen molar-refractivity contribution in [2.45, 2.75) is 19.4 Å². The first-order valence-electron chi connectivity index (χ1n) is 5.05. The van der Waals surface area contributed by atoms with E-state index in [1.807, 2.05) is 0 Å². The van der Waals surface area contributed by atoms with E-state index in [0.29, 0.717) is 0 Å². The summed E-state index contributed by atoms with van der Waals surface area (Å²) in [4.78, 5) is 0. The second-order valence-corrected chi connectivity index (χ2v) is 5.16. The van der Waals surface area contributed by atoms with Crippen LogP contribution >= 0.6 is 11.3 Å². The Labute approximate surface area is 93.3 Å². The molecule has 3 rings (SSSR count). The molecular weight excluding hydrogens is 204 g/mol. The van der Waals surface area contributed by atoms with Gasteiger partial charge < -0.3 is 4.74 Å². The van der Waals surface area contributed by atoms with Crippen LogP contribution in [-0.2, 0) is 5.60 Å². The van der Waals surface area contributed by atoms with Crippen LogP contribution in [0.3, 0.4) is 0 Å². The van der Waals surface area contributed by atoms with Gasteiger partial charge in [0.25, 0.3) is 0 Å². The van der Waals surface area contributed by atoms with Crippen LogP contribution in [0.15, 0.2) is 35.7 Å². The van der Waals surface area contributed by atoms with Gasteiger partial charge in [0.2, 0.25) is 0 Å². The minimum absolute atomic E-state index is 0.214. The van der Waals surface area contributed by atoms with Gasteiger partial charge in [0.05, 0.1) is 0 Å². The van der Waals surface area contributed by atoms with Gasteiger partial charge in [-0.3, -0.25) is 0 Å². The van der Waals surface area contributed by atoms with E-state index in [9.17, 15) is 0 Å². The van der Waals surface area contributed by atoms with Crippen LogP contribution in [0, 0.1) is 0 Å². The molecular formula is C13H12OS. The second kappa shape index (κ2) is 2.86. The molecule has 0 aliphatic carbocycles. The Morgan fingerprint density at radius 3 is 2.73 bits per heavy atom. The van der Waals surface area contributed by atoms with E-state index in [0.717, 1.165) is 5.06 Å². The molecule has 76 valence electrons. The third-order valence-corrected chi connectivity index (χ3v) is 3.63. The van der Waals surface area contributed by atoms with E-state index in [1.165, 1.54) is 16.7 Å². The summed E-state index contributed by atoms with van der Waals surface area (Å²) in [6.45, 7) is 4.24. The number of benzene rings is 1. The van der Waals surface area contributed by atoms with Gasteiger partial charge in [-0.1, -0.05) is 24.3 Å². The molecule has 1 aliphatic heterocycles. The standard InChI is InChI=1S/C13H12OS/c1-13(2)11-6-4-3-5-9(11)10-7-8-15-12(10)14-13/h3-8H,1-2H3. The van der Waals surface area contributed by atoms with Crippen LogP contribution in [0.4, 0.5) is 0 Å². The Kier molecular flexibility index (Phi) is 1.71. The van der Waals surface area contributed by atoms with Gasteiger partial charge in [0.15, 0.2) is 5.06 Å². The first kappa shape index (κ1) is 8.98. The van der Waals surface area contributed by atoms with E-state index in [2.05, 4.69) is 49.6 Å². The van der Waals surface area contributed by atoms with Crippen molar-refractivity contribution in [2.24, 2.45) is 0 Å². The van der Waals surface area contributed by atoms with E-state index in [1.54, 1.807) is 11.3 Å². The molecule has 0 radical (unpaired) electrons. The molecule has 15 heavy (non-hydrogen) atoms. The Morgan fingerprint density at radius 1 is 1.07 bits per heavy atom. The van der Waals surface area contributed by atoms with Crippen molar-refractivity contribution in [3.05, 3.63) is 41.3 Å². The van der Waals surface area contributed by atoms with E-state index >= 15 is 0 Å². The van der Waals surface area contributed by atoms with Crippen molar-refractivity contribution in [1.29, 1.82) is 0 Å². The van der Waals surface area contributed by atoms with Gasteiger partial charge in [-0.2, -0.15) is 0 Å². The van der Waals surface area contributed by atoms with Crippen molar-refractivity contribution in [3.63, 3.8) is 0 Å². The van der Waals surface area contributed by atoms with E-state index in [4.69, 9.17) is 4.74 Å². The molecule has 0 saturated heterocycles. The summed E-state index contributed by atoms with van der Waals surface area (Å²) < 4.78 is 6.00. The zero-order valence-electron chi connectivity index (χ0n) is 8.78. The summed E-state index contributed by atoms with van der Waals surface area (Å²) in [5, 5.41) is 3.13. The predicted octanol–water partition coefficient (Wildman–Crippen LogP) is 4.04. The lowest BCUT2D eigenvalue weighted by molar-refractivity contribution is 0.111. The van der Waals surface area contributed by atoms with Crippen LogP contribution in [0.1, 0.15) is 19.4 Å². The molecule has 0 N–H and O–H groups in total. The maximum atomic E-state index is 6.00. The maximum Gasteiger partial charge on any atom is 0.182 e. The fourth-order valence-electron chi connectivity index (χ4n) is 2.10. The molecule has 2 heterocycles. The molecule has 0 saturated carbocycles. The Morgan fingerprint density at radius 2 is 1.87 bits per heavy atom. The van der Waals surface area contributed by atoms with Gasteiger partial charge in [0.1, 0.15) is 5.60 Å². The zero-order chi connectivity index (χ0) is 10.5. The fraction of sp³-hybridized carbons (Fsp3) is 0.231. The molecule has 0 fully saturated rings. The number of rotatable bonds is 0. The number of hydrogen-bond acceptors (Lipinski definition) is 2. The molecule has 0 bridgehead atoms. The predicted molar refractivity (Wildman–Crippen MR) is 63.4 cm³/mol. The second-order valence-electron chi connectivity index (χ2n) is 4.28. The Hall–Kier alpha value is -1.28. The topological polar surface area (TPSA) is 9.23 Å². The molecule has 1 aromatic carbocycles. The summed E-state index contributed by atoms with van der Waals surface area (Å²) in [5.41, 5.74) is 3.60. The normalized spacial score (nSPS) is 16.4. The zero-order valence-corrected chi connectivity index (χ0v) is 9.60. The summed E-state index contributed by atoms with van der Waals surface area (Å²) >= 11 is 1.67. The first-order valence-corrected chi connectivity index (χ1v) is 5.93. The van der Waals surface area contributed by atoms with Crippen LogP contribution in [0.5, 0.6) is 5.06 Å². The number of fused-ring (bicyclic) bond motifs is 3. The Bertz CT molecular complexity index is 511. The molecule has 0 spiro atoms.